The average molecular weight is 329 g/mol. The lowest BCUT2D eigenvalue weighted by atomic mass is 9.75. The second kappa shape index (κ2) is 5.12. The van der Waals surface area contributed by atoms with E-state index in [4.69, 9.17) is 9.47 Å². The van der Waals surface area contributed by atoms with Crippen molar-refractivity contribution in [3.63, 3.8) is 0 Å². The smallest absolute Gasteiger partial charge is 0.246 e. The second-order valence-electron chi connectivity index (χ2n) is 5.68. The minimum absolute atomic E-state index is 0.0254. The normalized spacial score (nSPS) is 21.2. The number of carbonyl (C=O) groups excluding carboxylic acids is 1. The number of anilines is 1. The highest BCUT2D eigenvalue weighted by atomic mass is 16.7. The van der Waals surface area contributed by atoms with Gasteiger partial charge in [-0.3, -0.25) is 9.69 Å². The summed E-state index contributed by atoms with van der Waals surface area (Å²) in [6.07, 6.45) is 0. The molecule has 3 N–H and O–H groups in total. The molecular formula is C17H15NO6. The number of fused-ring (bicyclic) bond motifs is 2. The zero-order valence-corrected chi connectivity index (χ0v) is 12.6. The molecule has 7 nitrogen and oxygen atoms in total. The van der Waals surface area contributed by atoms with Crippen LogP contribution in [0.2, 0.25) is 0 Å². The number of benzene rings is 2. The number of phenols is 1. The molecule has 0 fully saturated rings. The Balaban J connectivity index is 2.00. The van der Waals surface area contributed by atoms with E-state index >= 15 is 0 Å². The van der Waals surface area contributed by atoms with Gasteiger partial charge in [0.25, 0.3) is 0 Å². The van der Waals surface area contributed by atoms with Gasteiger partial charge in [-0.25, -0.2) is 0 Å². The first-order valence-corrected chi connectivity index (χ1v) is 7.39. The minimum Gasteiger partial charge on any atom is -0.507 e. The van der Waals surface area contributed by atoms with E-state index in [2.05, 4.69) is 0 Å². The SMILES string of the molecule is O=C1N(CO)c2ccccc2C1(CO)c1cc2c(cc1O)OCO2. The molecule has 2 aromatic carbocycles. The third-order valence-corrected chi connectivity index (χ3v) is 4.59. The Labute approximate surface area is 137 Å². The topological polar surface area (TPSA) is 99.5 Å². The van der Waals surface area contributed by atoms with Crippen LogP contribution in [0.15, 0.2) is 36.4 Å². The summed E-state index contributed by atoms with van der Waals surface area (Å²) in [6, 6.07) is 9.73. The summed E-state index contributed by atoms with van der Waals surface area (Å²) in [5.74, 6) is 0.0737. The van der Waals surface area contributed by atoms with Crippen molar-refractivity contribution in [2.45, 2.75) is 5.41 Å². The Hall–Kier alpha value is -2.77. The molecule has 0 saturated carbocycles. The molecule has 2 aliphatic heterocycles. The lowest BCUT2D eigenvalue weighted by Gasteiger charge is -2.27. The fourth-order valence-electron chi connectivity index (χ4n) is 3.44. The number of aromatic hydroxyl groups is 1. The van der Waals surface area contributed by atoms with Gasteiger partial charge >= 0.3 is 0 Å². The van der Waals surface area contributed by atoms with Crippen LogP contribution in [0.5, 0.6) is 17.2 Å². The van der Waals surface area contributed by atoms with Crippen LogP contribution in [0.1, 0.15) is 11.1 Å². The molecule has 4 rings (SSSR count). The maximum atomic E-state index is 13.0. The monoisotopic (exact) mass is 329 g/mol. The van der Waals surface area contributed by atoms with Crippen molar-refractivity contribution in [2.75, 3.05) is 25.0 Å². The largest absolute Gasteiger partial charge is 0.507 e. The Morgan fingerprint density at radius 2 is 1.79 bits per heavy atom. The van der Waals surface area contributed by atoms with Gasteiger partial charge in [-0.2, -0.15) is 0 Å². The molecule has 2 aromatic rings. The van der Waals surface area contributed by atoms with E-state index in [0.717, 1.165) is 0 Å². The summed E-state index contributed by atoms with van der Waals surface area (Å²) in [6.45, 7) is -1.06. The van der Waals surface area contributed by atoms with Gasteiger partial charge in [0, 0.05) is 11.6 Å². The number of aliphatic hydroxyl groups is 2. The van der Waals surface area contributed by atoms with Gasteiger partial charge in [0.15, 0.2) is 11.5 Å². The highest BCUT2D eigenvalue weighted by molar-refractivity contribution is 6.11. The number of hydrogen-bond donors (Lipinski definition) is 3. The summed E-state index contributed by atoms with van der Waals surface area (Å²) in [5, 5.41) is 30.2. The molecule has 1 atom stereocenters. The Kier molecular flexibility index (Phi) is 3.16. The lowest BCUT2D eigenvalue weighted by Crippen LogP contribution is -2.44. The molecule has 0 saturated heterocycles. The molecule has 1 unspecified atom stereocenters. The van der Waals surface area contributed by atoms with Gasteiger partial charge in [-0.15, -0.1) is 0 Å². The van der Waals surface area contributed by atoms with E-state index in [1.165, 1.54) is 17.0 Å². The molecule has 7 heteroatoms. The van der Waals surface area contributed by atoms with Gasteiger partial charge < -0.3 is 24.8 Å². The van der Waals surface area contributed by atoms with E-state index in [-0.39, 0.29) is 18.1 Å². The second-order valence-corrected chi connectivity index (χ2v) is 5.68. The number of phenolic OH excluding ortho intramolecular Hbond substituents is 1. The highest BCUT2D eigenvalue weighted by Gasteiger charge is 2.53. The number of carbonyl (C=O) groups is 1. The number of hydrogen-bond acceptors (Lipinski definition) is 6. The molecule has 0 aliphatic carbocycles. The number of amides is 1. The van der Waals surface area contributed by atoms with Crippen LogP contribution in [0.4, 0.5) is 5.69 Å². The summed E-state index contributed by atoms with van der Waals surface area (Å²) in [4.78, 5) is 14.2. The summed E-state index contributed by atoms with van der Waals surface area (Å²) < 4.78 is 10.6. The maximum absolute atomic E-state index is 13.0. The van der Waals surface area contributed by atoms with Gasteiger partial charge in [0.1, 0.15) is 17.9 Å². The standard InChI is InChI=1S/C17H15NO6/c19-7-17(11-5-14-15(6-13(11)21)24-9-23-14)10-3-1-2-4-12(10)18(8-20)16(17)22/h1-6,19-21H,7-9H2. The zero-order valence-electron chi connectivity index (χ0n) is 12.6. The number of ether oxygens (including phenoxy) is 2. The Morgan fingerprint density at radius 1 is 1.08 bits per heavy atom. The quantitative estimate of drug-likeness (QED) is 0.766. The number of rotatable bonds is 3. The third-order valence-electron chi connectivity index (χ3n) is 4.59. The Morgan fingerprint density at radius 3 is 2.50 bits per heavy atom. The summed E-state index contributed by atoms with van der Waals surface area (Å²) in [5.41, 5.74) is -0.288. The van der Waals surface area contributed by atoms with Crippen LogP contribution in [0.25, 0.3) is 0 Å². The minimum atomic E-state index is -1.51. The van der Waals surface area contributed by atoms with Crippen molar-refractivity contribution in [1.29, 1.82) is 0 Å². The number of aliphatic hydroxyl groups excluding tert-OH is 2. The molecule has 124 valence electrons. The van der Waals surface area contributed by atoms with Crippen molar-refractivity contribution >= 4 is 11.6 Å². The van der Waals surface area contributed by atoms with Crippen LogP contribution >= 0.6 is 0 Å². The van der Waals surface area contributed by atoms with Gasteiger partial charge in [0.2, 0.25) is 12.7 Å². The van der Waals surface area contributed by atoms with Crippen LogP contribution in [-0.2, 0) is 10.2 Å². The van der Waals surface area contributed by atoms with Crippen molar-refractivity contribution in [1.82, 2.24) is 0 Å². The highest BCUT2D eigenvalue weighted by Crippen LogP contribution is 2.50. The van der Waals surface area contributed by atoms with Crippen LogP contribution in [-0.4, -0.2) is 41.4 Å². The fourth-order valence-corrected chi connectivity index (χ4v) is 3.44. The molecule has 2 aliphatic rings. The van der Waals surface area contributed by atoms with E-state index in [1.807, 2.05) is 0 Å². The van der Waals surface area contributed by atoms with E-state index in [1.54, 1.807) is 24.3 Å². The average Bonchev–Trinajstić information content (AvgIpc) is 3.14. The predicted molar refractivity (Wildman–Crippen MR) is 83.1 cm³/mol. The van der Waals surface area contributed by atoms with Gasteiger partial charge in [-0.05, 0) is 17.7 Å². The van der Waals surface area contributed by atoms with Gasteiger partial charge in [0.05, 0.1) is 12.3 Å². The number of nitrogens with zero attached hydrogens (tertiary/aromatic N) is 1. The first-order chi connectivity index (χ1) is 11.6. The fraction of sp³-hybridized carbons (Fsp3) is 0.235. The first-order valence-electron chi connectivity index (χ1n) is 7.39. The first kappa shape index (κ1) is 14.8. The zero-order chi connectivity index (χ0) is 16.9. The molecule has 0 aromatic heterocycles. The third kappa shape index (κ3) is 1.70. The van der Waals surface area contributed by atoms with E-state index < -0.39 is 24.7 Å². The maximum Gasteiger partial charge on any atom is 0.246 e. The van der Waals surface area contributed by atoms with Crippen LogP contribution < -0.4 is 14.4 Å². The molecule has 2 heterocycles. The molecule has 1 amide bonds. The van der Waals surface area contributed by atoms with Gasteiger partial charge in [-0.1, -0.05) is 18.2 Å². The van der Waals surface area contributed by atoms with Crippen molar-refractivity contribution in [3.05, 3.63) is 47.5 Å². The molecule has 0 bridgehead atoms. The molecule has 24 heavy (non-hydrogen) atoms. The molecular weight excluding hydrogens is 314 g/mol. The van der Waals surface area contributed by atoms with Crippen molar-refractivity contribution in [3.8, 4) is 17.2 Å². The van der Waals surface area contributed by atoms with E-state index in [9.17, 15) is 20.1 Å². The van der Waals surface area contributed by atoms with Crippen LogP contribution in [0, 0.1) is 0 Å². The van der Waals surface area contributed by atoms with Crippen molar-refractivity contribution in [2.24, 2.45) is 0 Å². The summed E-state index contributed by atoms with van der Waals surface area (Å²) in [7, 11) is 0. The van der Waals surface area contributed by atoms with Crippen LogP contribution in [0.3, 0.4) is 0 Å². The van der Waals surface area contributed by atoms with E-state index in [0.29, 0.717) is 22.7 Å². The Bertz CT molecular complexity index is 836. The molecule has 0 spiro atoms. The lowest BCUT2D eigenvalue weighted by molar-refractivity contribution is -0.123. The molecule has 0 radical (unpaired) electrons. The number of para-hydroxylation sites is 1. The predicted octanol–water partition coefficient (Wildman–Crippen LogP) is 0.696. The summed E-state index contributed by atoms with van der Waals surface area (Å²) >= 11 is 0. The van der Waals surface area contributed by atoms with Crippen molar-refractivity contribution < 1.29 is 29.6 Å².